The van der Waals surface area contributed by atoms with Gasteiger partial charge in [0.1, 0.15) is 5.82 Å². The van der Waals surface area contributed by atoms with Gasteiger partial charge in [0.25, 0.3) is 10.0 Å². The van der Waals surface area contributed by atoms with Crippen LogP contribution in [0.15, 0.2) is 65.2 Å². The van der Waals surface area contributed by atoms with E-state index in [4.69, 9.17) is 0 Å². The summed E-state index contributed by atoms with van der Waals surface area (Å²) in [5, 5.41) is 0. The first-order valence-corrected chi connectivity index (χ1v) is 9.31. The molecule has 0 spiro atoms. The third kappa shape index (κ3) is 3.51. The van der Waals surface area contributed by atoms with E-state index in [1.54, 1.807) is 42.5 Å². The summed E-state index contributed by atoms with van der Waals surface area (Å²) in [7, 11) is -3.62. The number of hydrogen-bond donors (Lipinski definition) is 1. The van der Waals surface area contributed by atoms with Crippen molar-refractivity contribution < 1.29 is 12.8 Å². The Balaban J connectivity index is 1.99. The molecule has 2 aromatic carbocycles. The predicted molar refractivity (Wildman–Crippen MR) is 93.1 cm³/mol. The van der Waals surface area contributed by atoms with Gasteiger partial charge in [0.05, 0.1) is 4.90 Å². The van der Waals surface area contributed by atoms with E-state index in [9.17, 15) is 12.8 Å². The SMILES string of the molecule is CC1(C)CC(NS(=O)(=O)c2ccccc2)=C(c2ccc(F)cc2)C1. The lowest BCUT2D eigenvalue weighted by atomic mass is 9.88. The van der Waals surface area contributed by atoms with Crippen LogP contribution in [0.4, 0.5) is 4.39 Å². The molecule has 0 saturated carbocycles. The molecule has 2 aromatic rings. The quantitative estimate of drug-likeness (QED) is 0.896. The zero-order chi connectivity index (χ0) is 17.4. The van der Waals surface area contributed by atoms with Gasteiger partial charge in [-0.1, -0.05) is 44.2 Å². The predicted octanol–water partition coefficient (Wildman–Crippen LogP) is 4.34. The number of nitrogens with one attached hydrogen (secondary N) is 1. The lowest BCUT2D eigenvalue weighted by Crippen LogP contribution is -2.24. The van der Waals surface area contributed by atoms with Gasteiger partial charge in [-0.25, -0.2) is 12.8 Å². The number of hydrogen-bond acceptors (Lipinski definition) is 2. The second kappa shape index (κ2) is 6.06. The van der Waals surface area contributed by atoms with E-state index >= 15 is 0 Å². The van der Waals surface area contributed by atoms with Crippen molar-refractivity contribution in [2.75, 3.05) is 0 Å². The summed E-state index contributed by atoms with van der Waals surface area (Å²) in [6.07, 6.45) is 1.37. The minimum absolute atomic E-state index is 0.0434. The maximum absolute atomic E-state index is 13.2. The number of allylic oxidation sites excluding steroid dienone is 2. The lowest BCUT2D eigenvalue weighted by Gasteiger charge is -2.17. The highest BCUT2D eigenvalue weighted by atomic mass is 32.2. The molecule has 0 fully saturated rings. The van der Waals surface area contributed by atoms with Gasteiger partial charge < -0.3 is 0 Å². The van der Waals surface area contributed by atoms with E-state index in [2.05, 4.69) is 18.6 Å². The summed E-state index contributed by atoms with van der Waals surface area (Å²) in [6, 6.07) is 14.5. The summed E-state index contributed by atoms with van der Waals surface area (Å²) in [4.78, 5) is 0.237. The van der Waals surface area contributed by atoms with Gasteiger partial charge in [0.15, 0.2) is 0 Å². The van der Waals surface area contributed by atoms with Gasteiger partial charge in [-0.05, 0) is 53.7 Å². The van der Waals surface area contributed by atoms with E-state index in [1.807, 2.05) is 0 Å². The minimum atomic E-state index is -3.62. The molecule has 24 heavy (non-hydrogen) atoms. The van der Waals surface area contributed by atoms with Crippen molar-refractivity contribution in [3.8, 4) is 0 Å². The average Bonchev–Trinajstić information content (AvgIpc) is 2.83. The van der Waals surface area contributed by atoms with Crippen LogP contribution in [-0.4, -0.2) is 8.42 Å². The molecule has 1 aliphatic rings. The third-order valence-corrected chi connectivity index (χ3v) is 5.59. The Morgan fingerprint density at radius 3 is 2.21 bits per heavy atom. The smallest absolute Gasteiger partial charge is 0.261 e. The first kappa shape index (κ1) is 16.7. The summed E-state index contributed by atoms with van der Waals surface area (Å²) in [6.45, 7) is 4.20. The van der Waals surface area contributed by atoms with Crippen LogP contribution in [0.2, 0.25) is 0 Å². The molecule has 0 aliphatic heterocycles. The summed E-state index contributed by atoms with van der Waals surface area (Å²) in [5.41, 5.74) is 2.43. The third-order valence-electron chi connectivity index (χ3n) is 4.18. The van der Waals surface area contributed by atoms with Crippen molar-refractivity contribution in [3.05, 3.63) is 71.7 Å². The molecule has 1 N–H and O–H groups in total. The van der Waals surface area contributed by atoms with Crippen LogP contribution in [0.25, 0.3) is 5.57 Å². The average molecular weight is 345 g/mol. The molecule has 0 unspecified atom stereocenters. The number of halogens is 1. The Bertz CT molecular complexity index is 869. The molecule has 0 radical (unpaired) electrons. The van der Waals surface area contributed by atoms with E-state index in [-0.39, 0.29) is 16.1 Å². The lowest BCUT2D eigenvalue weighted by molar-refractivity contribution is 0.394. The molecule has 0 heterocycles. The van der Waals surface area contributed by atoms with Gasteiger partial charge in [-0.15, -0.1) is 0 Å². The van der Waals surface area contributed by atoms with Crippen molar-refractivity contribution in [1.82, 2.24) is 4.72 Å². The highest BCUT2D eigenvalue weighted by Gasteiger charge is 2.33. The van der Waals surface area contributed by atoms with Crippen LogP contribution in [0.5, 0.6) is 0 Å². The Kier molecular flexibility index (Phi) is 4.22. The fraction of sp³-hybridized carbons (Fsp3) is 0.263. The number of sulfonamides is 1. The van der Waals surface area contributed by atoms with Crippen molar-refractivity contribution in [2.45, 2.75) is 31.6 Å². The van der Waals surface area contributed by atoms with E-state index in [1.165, 1.54) is 12.1 Å². The number of benzene rings is 2. The molecule has 126 valence electrons. The highest BCUT2D eigenvalue weighted by Crippen LogP contribution is 2.45. The molecular weight excluding hydrogens is 325 g/mol. The zero-order valence-corrected chi connectivity index (χ0v) is 14.5. The van der Waals surface area contributed by atoms with Crippen molar-refractivity contribution >= 4 is 15.6 Å². The molecule has 3 nitrogen and oxygen atoms in total. The number of rotatable bonds is 4. The fourth-order valence-corrected chi connectivity index (χ4v) is 4.23. The molecular formula is C19H20FNO2S. The topological polar surface area (TPSA) is 46.2 Å². The zero-order valence-electron chi connectivity index (χ0n) is 13.7. The molecule has 0 amide bonds. The molecule has 0 saturated heterocycles. The summed E-state index contributed by atoms with van der Waals surface area (Å²) in [5.74, 6) is -0.303. The molecule has 0 bridgehead atoms. The molecule has 5 heteroatoms. The van der Waals surface area contributed by atoms with Crippen LogP contribution in [0.1, 0.15) is 32.3 Å². The van der Waals surface area contributed by atoms with Gasteiger partial charge in [0, 0.05) is 5.70 Å². The van der Waals surface area contributed by atoms with Crippen LogP contribution >= 0.6 is 0 Å². The molecule has 0 atom stereocenters. The van der Waals surface area contributed by atoms with Crippen molar-refractivity contribution in [2.24, 2.45) is 5.41 Å². The maximum Gasteiger partial charge on any atom is 0.261 e. The van der Waals surface area contributed by atoms with E-state index in [0.717, 1.165) is 17.6 Å². The molecule has 1 aliphatic carbocycles. The van der Waals surface area contributed by atoms with Crippen molar-refractivity contribution in [3.63, 3.8) is 0 Å². The Labute approximate surface area is 142 Å². The van der Waals surface area contributed by atoms with Crippen LogP contribution in [0.3, 0.4) is 0 Å². The fourth-order valence-electron chi connectivity index (χ4n) is 3.08. The van der Waals surface area contributed by atoms with Gasteiger partial charge in [0.2, 0.25) is 0 Å². The van der Waals surface area contributed by atoms with Gasteiger partial charge in [-0.2, -0.15) is 0 Å². The molecule has 3 rings (SSSR count). The van der Waals surface area contributed by atoms with Crippen LogP contribution in [-0.2, 0) is 10.0 Å². The summed E-state index contributed by atoms with van der Waals surface area (Å²) < 4.78 is 41.2. The van der Waals surface area contributed by atoms with Crippen molar-refractivity contribution in [1.29, 1.82) is 0 Å². The largest absolute Gasteiger partial charge is 0.283 e. The first-order chi connectivity index (χ1) is 11.3. The Morgan fingerprint density at radius 2 is 1.58 bits per heavy atom. The second-order valence-electron chi connectivity index (χ2n) is 6.90. The monoisotopic (exact) mass is 345 g/mol. The summed E-state index contributed by atoms with van der Waals surface area (Å²) >= 11 is 0. The minimum Gasteiger partial charge on any atom is -0.283 e. The molecule has 0 aromatic heterocycles. The maximum atomic E-state index is 13.2. The van der Waals surface area contributed by atoms with Crippen LogP contribution < -0.4 is 4.72 Å². The Morgan fingerprint density at radius 1 is 0.958 bits per heavy atom. The second-order valence-corrected chi connectivity index (χ2v) is 8.58. The van der Waals surface area contributed by atoms with Crippen LogP contribution in [0, 0.1) is 11.2 Å². The van der Waals surface area contributed by atoms with Gasteiger partial charge in [-0.3, -0.25) is 4.72 Å². The van der Waals surface area contributed by atoms with E-state index < -0.39 is 10.0 Å². The van der Waals surface area contributed by atoms with Gasteiger partial charge >= 0.3 is 0 Å². The normalized spacial score (nSPS) is 17.1. The highest BCUT2D eigenvalue weighted by molar-refractivity contribution is 7.89. The first-order valence-electron chi connectivity index (χ1n) is 7.83. The van der Waals surface area contributed by atoms with E-state index in [0.29, 0.717) is 12.1 Å². The standard InChI is InChI=1S/C19H20FNO2S/c1-19(2)12-17(14-8-10-15(20)11-9-14)18(13-19)21-24(22,23)16-6-4-3-5-7-16/h3-11,21H,12-13H2,1-2H3. The Hall–Kier alpha value is -2.14.